The Morgan fingerprint density at radius 3 is 2.93 bits per heavy atom. The summed E-state index contributed by atoms with van der Waals surface area (Å²) in [5.41, 5.74) is 7.02. The van der Waals surface area contributed by atoms with E-state index in [1.807, 2.05) is 6.07 Å². The maximum Gasteiger partial charge on any atom is 0.250 e. The highest BCUT2D eigenvalue weighted by atomic mass is 16.1. The average molecular weight is 201 g/mol. The van der Waals surface area contributed by atoms with Crippen LogP contribution in [0.1, 0.15) is 5.69 Å². The molecule has 0 spiro atoms. The van der Waals surface area contributed by atoms with Gasteiger partial charge in [-0.15, -0.1) is 0 Å². The minimum Gasteiger partial charge on any atom is -0.399 e. The first-order chi connectivity index (χ1) is 7.25. The van der Waals surface area contributed by atoms with Crippen LogP contribution in [0.2, 0.25) is 0 Å². The van der Waals surface area contributed by atoms with E-state index >= 15 is 0 Å². The summed E-state index contributed by atoms with van der Waals surface area (Å²) in [7, 11) is 0. The molecule has 0 radical (unpaired) electrons. The maximum atomic E-state index is 11.4. The molecule has 2 aromatic rings. The molecule has 0 fully saturated rings. The van der Waals surface area contributed by atoms with Crippen LogP contribution in [0.3, 0.4) is 0 Å². The number of anilines is 1. The van der Waals surface area contributed by atoms with E-state index in [-0.39, 0.29) is 5.56 Å². The summed E-state index contributed by atoms with van der Waals surface area (Å²) in [6.07, 6.45) is 3.37. The molecule has 0 aliphatic rings. The van der Waals surface area contributed by atoms with Crippen molar-refractivity contribution in [1.29, 1.82) is 0 Å². The van der Waals surface area contributed by atoms with Gasteiger partial charge in [0.2, 0.25) is 0 Å². The van der Waals surface area contributed by atoms with Crippen molar-refractivity contribution in [3.63, 3.8) is 0 Å². The first-order valence-electron chi connectivity index (χ1n) is 4.61. The second-order valence-electron chi connectivity index (χ2n) is 3.25. The van der Waals surface area contributed by atoms with Crippen LogP contribution in [-0.2, 0) is 6.54 Å². The van der Waals surface area contributed by atoms with Gasteiger partial charge in [0, 0.05) is 24.1 Å². The monoisotopic (exact) mass is 201 g/mol. The molecule has 2 rings (SSSR count). The smallest absolute Gasteiger partial charge is 0.250 e. The number of nitrogens with zero attached hydrogens (tertiary/aromatic N) is 2. The number of nitrogen functional groups attached to an aromatic ring is 1. The summed E-state index contributed by atoms with van der Waals surface area (Å²) in [5.74, 6) is 0. The molecule has 0 atom stereocenters. The van der Waals surface area contributed by atoms with Crippen LogP contribution in [0.15, 0.2) is 47.5 Å². The Hall–Kier alpha value is -2.10. The molecule has 0 bridgehead atoms. The van der Waals surface area contributed by atoms with Crippen LogP contribution in [0.25, 0.3) is 0 Å². The minimum atomic E-state index is -0.0401. The molecule has 0 amide bonds. The lowest BCUT2D eigenvalue weighted by atomic mass is 10.3. The van der Waals surface area contributed by atoms with Gasteiger partial charge in [-0.05, 0) is 18.2 Å². The summed E-state index contributed by atoms with van der Waals surface area (Å²) >= 11 is 0. The van der Waals surface area contributed by atoms with Crippen molar-refractivity contribution < 1.29 is 0 Å². The number of aromatic nitrogens is 2. The molecule has 15 heavy (non-hydrogen) atoms. The molecule has 0 aliphatic carbocycles. The lowest BCUT2D eigenvalue weighted by molar-refractivity contribution is 0.740. The summed E-state index contributed by atoms with van der Waals surface area (Å²) in [6, 6.07) is 8.53. The Kier molecular flexibility index (Phi) is 2.49. The largest absolute Gasteiger partial charge is 0.399 e. The van der Waals surface area contributed by atoms with Crippen LogP contribution in [0.4, 0.5) is 5.69 Å². The Balaban J connectivity index is 2.30. The third kappa shape index (κ3) is 2.22. The molecule has 4 heteroatoms. The van der Waals surface area contributed by atoms with E-state index in [1.165, 1.54) is 6.07 Å². The normalized spacial score (nSPS) is 10.1. The average Bonchev–Trinajstić information content (AvgIpc) is 2.22. The molecule has 2 N–H and O–H groups in total. The van der Waals surface area contributed by atoms with Crippen molar-refractivity contribution in [3.05, 3.63) is 58.8 Å². The Bertz CT molecular complexity index is 519. The van der Waals surface area contributed by atoms with E-state index < -0.39 is 0 Å². The predicted molar refractivity (Wildman–Crippen MR) is 58.5 cm³/mol. The van der Waals surface area contributed by atoms with Crippen molar-refractivity contribution in [2.45, 2.75) is 6.54 Å². The number of rotatable bonds is 2. The topological polar surface area (TPSA) is 60.9 Å². The molecule has 0 saturated heterocycles. The van der Waals surface area contributed by atoms with E-state index in [0.717, 1.165) is 5.69 Å². The third-order valence-electron chi connectivity index (χ3n) is 2.07. The standard InChI is InChI=1S/C11H11N3O/c12-9-4-5-13-10(7-9)8-14-6-2-1-3-11(14)15/h1-7H,8H2,(H2,12,13). The van der Waals surface area contributed by atoms with E-state index in [0.29, 0.717) is 12.2 Å². The Morgan fingerprint density at radius 1 is 1.33 bits per heavy atom. The molecule has 2 aromatic heterocycles. The SMILES string of the molecule is Nc1ccnc(Cn2ccccc2=O)c1. The van der Waals surface area contributed by atoms with Crippen LogP contribution < -0.4 is 11.3 Å². The summed E-state index contributed by atoms with van der Waals surface area (Å²) in [5, 5.41) is 0. The molecular weight excluding hydrogens is 190 g/mol. The molecule has 2 heterocycles. The molecule has 0 aromatic carbocycles. The Morgan fingerprint density at radius 2 is 2.20 bits per heavy atom. The van der Waals surface area contributed by atoms with Gasteiger partial charge in [0.05, 0.1) is 12.2 Å². The number of pyridine rings is 2. The van der Waals surface area contributed by atoms with Gasteiger partial charge in [0.25, 0.3) is 5.56 Å². The highest BCUT2D eigenvalue weighted by Gasteiger charge is 1.98. The van der Waals surface area contributed by atoms with Gasteiger partial charge in [0.1, 0.15) is 0 Å². The lowest BCUT2D eigenvalue weighted by Crippen LogP contribution is -2.18. The van der Waals surface area contributed by atoms with Crippen molar-refractivity contribution in [2.24, 2.45) is 0 Å². The first kappa shape index (κ1) is 9.45. The van der Waals surface area contributed by atoms with Crippen LogP contribution in [0, 0.1) is 0 Å². The fraction of sp³-hybridized carbons (Fsp3) is 0.0909. The Labute approximate surface area is 87.0 Å². The molecular formula is C11H11N3O. The van der Waals surface area contributed by atoms with E-state index in [4.69, 9.17) is 5.73 Å². The lowest BCUT2D eigenvalue weighted by Gasteiger charge is -2.04. The maximum absolute atomic E-state index is 11.4. The summed E-state index contributed by atoms with van der Waals surface area (Å²) in [4.78, 5) is 15.5. The highest BCUT2D eigenvalue weighted by Crippen LogP contribution is 2.03. The van der Waals surface area contributed by atoms with E-state index in [9.17, 15) is 4.79 Å². The summed E-state index contributed by atoms with van der Waals surface area (Å²) in [6.45, 7) is 0.449. The zero-order valence-electron chi connectivity index (χ0n) is 8.13. The van der Waals surface area contributed by atoms with Crippen LogP contribution in [-0.4, -0.2) is 9.55 Å². The van der Waals surface area contributed by atoms with Gasteiger partial charge in [0.15, 0.2) is 0 Å². The fourth-order valence-corrected chi connectivity index (χ4v) is 1.35. The fourth-order valence-electron chi connectivity index (χ4n) is 1.35. The summed E-state index contributed by atoms with van der Waals surface area (Å²) < 4.78 is 1.59. The van der Waals surface area contributed by atoms with Gasteiger partial charge >= 0.3 is 0 Å². The highest BCUT2D eigenvalue weighted by molar-refractivity contribution is 5.37. The zero-order chi connectivity index (χ0) is 10.7. The quantitative estimate of drug-likeness (QED) is 0.784. The van der Waals surface area contributed by atoms with Gasteiger partial charge in [-0.1, -0.05) is 6.07 Å². The van der Waals surface area contributed by atoms with Gasteiger partial charge in [-0.2, -0.15) is 0 Å². The molecule has 0 unspecified atom stereocenters. The first-order valence-corrected chi connectivity index (χ1v) is 4.61. The van der Waals surface area contributed by atoms with Gasteiger partial charge in [-0.3, -0.25) is 9.78 Å². The van der Waals surface area contributed by atoms with Gasteiger partial charge < -0.3 is 10.3 Å². The molecule has 76 valence electrons. The molecule has 4 nitrogen and oxygen atoms in total. The number of nitrogens with two attached hydrogens (primary N) is 1. The number of hydrogen-bond acceptors (Lipinski definition) is 3. The second-order valence-corrected chi connectivity index (χ2v) is 3.25. The second kappa shape index (κ2) is 3.96. The molecule has 0 aliphatic heterocycles. The zero-order valence-corrected chi connectivity index (χ0v) is 8.13. The van der Waals surface area contributed by atoms with Crippen LogP contribution >= 0.6 is 0 Å². The van der Waals surface area contributed by atoms with Crippen molar-refractivity contribution in [2.75, 3.05) is 5.73 Å². The van der Waals surface area contributed by atoms with E-state index in [2.05, 4.69) is 4.98 Å². The predicted octanol–water partition coefficient (Wildman–Crippen LogP) is 0.874. The van der Waals surface area contributed by atoms with Crippen molar-refractivity contribution in [1.82, 2.24) is 9.55 Å². The molecule has 0 saturated carbocycles. The van der Waals surface area contributed by atoms with Crippen LogP contribution in [0.5, 0.6) is 0 Å². The number of hydrogen-bond donors (Lipinski definition) is 1. The van der Waals surface area contributed by atoms with Gasteiger partial charge in [-0.25, -0.2) is 0 Å². The van der Waals surface area contributed by atoms with E-state index in [1.54, 1.807) is 35.2 Å². The third-order valence-corrected chi connectivity index (χ3v) is 2.07. The van der Waals surface area contributed by atoms with Crippen molar-refractivity contribution >= 4 is 5.69 Å². The van der Waals surface area contributed by atoms with Crippen molar-refractivity contribution in [3.8, 4) is 0 Å². The minimum absolute atomic E-state index is 0.0401.